The first-order valence-corrected chi connectivity index (χ1v) is 8.75. The maximum absolute atomic E-state index is 12.1. The van der Waals surface area contributed by atoms with Gasteiger partial charge in [-0.15, -0.1) is 0 Å². The topological polar surface area (TPSA) is 93.6 Å². The third kappa shape index (κ3) is 4.44. The molecule has 1 heterocycles. The van der Waals surface area contributed by atoms with Crippen molar-refractivity contribution in [3.63, 3.8) is 0 Å². The van der Waals surface area contributed by atoms with E-state index in [4.69, 9.17) is 0 Å². The molecule has 0 amide bonds. The molecule has 0 saturated heterocycles. The lowest BCUT2D eigenvalue weighted by Gasteiger charge is -2.15. The predicted molar refractivity (Wildman–Crippen MR) is 69.8 cm³/mol. The van der Waals surface area contributed by atoms with Crippen molar-refractivity contribution in [3.05, 3.63) is 18.2 Å². The van der Waals surface area contributed by atoms with Crippen molar-refractivity contribution >= 4 is 20.1 Å². The summed E-state index contributed by atoms with van der Waals surface area (Å²) in [5.74, 6) is -0.270. The molecule has 7 nitrogen and oxygen atoms in total. The third-order valence-electron chi connectivity index (χ3n) is 2.15. The lowest BCUT2D eigenvalue weighted by atomic mass is 10.5. The van der Waals surface area contributed by atoms with Crippen LogP contribution in [0.4, 0.5) is 0 Å². The fourth-order valence-electron chi connectivity index (χ4n) is 1.34. The molecule has 1 aromatic rings. The molecule has 0 spiro atoms. The highest BCUT2D eigenvalue weighted by atomic mass is 32.2. The van der Waals surface area contributed by atoms with E-state index in [-0.39, 0.29) is 10.9 Å². The van der Waals surface area contributed by atoms with E-state index in [1.54, 1.807) is 0 Å². The van der Waals surface area contributed by atoms with Gasteiger partial charge in [-0.2, -0.15) is 17.7 Å². The summed E-state index contributed by atoms with van der Waals surface area (Å²) in [4.78, 5) is 3.70. The summed E-state index contributed by atoms with van der Waals surface area (Å²) in [6, 6.07) is 3.94. The Hall–Kier alpha value is -1.19. The highest BCUT2D eigenvalue weighted by Gasteiger charge is 2.22. The number of aromatic nitrogens is 1. The van der Waals surface area contributed by atoms with Crippen LogP contribution >= 0.6 is 0 Å². The molecule has 0 atom stereocenters. The lowest BCUT2D eigenvalue weighted by molar-refractivity contribution is 0.458. The van der Waals surface area contributed by atoms with Gasteiger partial charge in [0.05, 0.1) is 6.26 Å². The molecule has 1 rings (SSSR count). The molecule has 0 aliphatic rings. The molecule has 108 valence electrons. The quantitative estimate of drug-likeness (QED) is 0.708. The summed E-state index contributed by atoms with van der Waals surface area (Å²) in [5.41, 5.74) is 0. The van der Waals surface area contributed by atoms with Gasteiger partial charge in [0, 0.05) is 19.7 Å². The molecule has 0 N–H and O–H groups in total. The van der Waals surface area contributed by atoms with Crippen molar-refractivity contribution in [2.75, 3.05) is 19.8 Å². The van der Waals surface area contributed by atoms with Gasteiger partial charge < -0.3 is 4.18 Å². The van der Waals surface area contributed by atoms with Gasteiger partial charge in [0.1, 0.15) is 0 Å². The number of pyridine rings is 1. The zero-order valence-electron chi connectivity index (χ0n) is 10.9. The van der Waals surface area contributed by atoms with Crippen molar-refractivity contribution in [3.8, 4) is 5.88 Å². The van der Waals surface area contributed by atoms with Gasteiger partial charge >= 0.3 is 10.1 Å². The van der Waals surface area contributed by atoms with E-state index in [0.29, 0.717) is 13.0 Å². The van der Waals surface area contributed by atoms with Gasteiger partial charge in [-0.05, 0) is 12.5 Å². The number of rotatable bonds is 6. The zero-order valence-corrected chi connectivity index (χ0v) is 12.5. The lowest BCUT2D eigenvalue weighted by Crippen LogP contribution is -2.28. The molecular formula is C10H16N2O5S2. The molecule has 0 aliphatic heterocycles. The molecule has 0 aromatic carbocycles. The minimum atomic E-state index is -3.74. The Bertz CT molecular complexity index is 640. The highest BCUT2D eigenvalue weighted by Crippen LogP contribution is 2.16. The van der Waals surface area contributed by atoms with Gasteiger partial charge in [0.15, 0.2) is 5.03 Å². The number of hydrogen-bond acceptors (Lipinski definition) is 6. The normalized spacial score (nSPS) is 12.6. The van der Waals surface area contributed by atoms with E-state index >= 15 is 0 Å². The summed E-state index contributed by atoms with van der Waals surface area (Å²) in [7, 11) is -6.04. The summed E-state index contributed by atoms with van der Waals surface area (Å²) in [5, 5.41) is -0.246. The van der Waals surface area contributed by atoms with Crippen LogP contribution in [0.5, 0.6) is 5.88 Å². The van der Waals surface area contributed by atoms with Crippen LogP contribution in [0, 0.1) is 0 Å². The van der Waals surface area contributed by atoms with E-state index in [9.17, 15) is 16.8 Å². The van der Waals surface area contributed by atoms with Crippen molar-refractivity contribution in [2.24, 2.45) is 0 Å². The first-order valence-electron chi connectivity index (χ1n) is 5.49. The van der Waals surface area contributed by atoms with Crippen molar-refractivity contribution < 1.29 is 21.0 Å². The Balaban J connectivity index is 3.12. The maximum Gasteiger partial charge on any atom is 0.307 e. The van der Waals surface area contributed by atoms with Gasteiger partial charge in [-0.1, -0.05) is 13.0 Å². The number of sulfonamides is 1. The van der Waals surface area contributed by atoms with E-state index in [0.717, 1.165) is 10.6 Å². The molecule has 19 heavy (non-hydrogen) atoms. The first kappa shape index (κ1) is 15.9. The Morgan fingerprint density at radius 1 is 1.26 bits per heavy atom. The summed E-state index contributed by atoms with van der Waals surface area (Å²) < 4.78 is 51.9. The second-order valence-electron chi connectivity index (χ2n) is 3.93. The van der Waals surface area contributed by atoms with Crippen LogP contribution in [-0.4, -0.2) is 46.0 Å². The molecule has 0 unspecified atom stereocenters. The molecule has 1 aromatic heterocycles. The van der Waals surface area contributed by atoms with Crippen LogP contribution < -0.4 is 4.18 Å². The van der Waals surface area contributed by atoms with Gasteiger partial charge in [0.2, 0.25) is 5.88 Å². The number of nitrogens with zero attached hydrogens (tertiary/aromatic N) is 2. The average molecular weight is 308 g/mol. The largest absolute Gasteiger partial charge is 0.362 e. The Morgan fingerprint density at radius 3 is 2.42 bits per heavy atom. The monoisotopic (exact) mass is 308 g/mol. The Labute approximate surface area is 113 Å². The van der Waals surface area contributed by atoms with Crippen molar-refractivity contribution in [2.45, 2.75) is 18.4 Å². The fraction of sp³-hybridized carbons (Fsp3) is 0.500. The van der Waals surface area contributed by atoms with Crippen LogP contribution in [0.25, 0.3) is 0 Å². The SMILES string of the molecule is CCCN(C)S(=O)(=O)c1cccc(OS(C)(=O)=O)n1. The second kappa shape index (κ2) is 5.85. The van der Waals surface area contributed by atoms with Crippen molar-refractivity contribution in [1.29, 1.82) is 0 Å². The minimum Gasteiger partial charge on any atom is -0.362 e. The number of hydrogen-bond donors (Lipinski definition) is 0. The van der Waals surface area contributed by atoms with E-state index < -0.39 is 20.1 Å². The van der Waals surface area contributed by atoms with Gasteiger partial charge in [-0.3, -0.25) is 0 Å². The standard InChI is InChI=1S/C10H16N2O5S2/c1-4-8-12(2)19(15,16)10-7-5-6-9(11-10)17-18(3,13)14/h5-7H,4,8H2,1-3H3. The second-order valence-corrected chi connectivity index (χ2v) is 7.49. The van der Waals surface area contributed by atoms with Crippen LogP contribution in [-0.2, 0) is 20.1 Å². The van der Waals surface area contributed by atoms with E-state index in [1.165, 1.54) is 25.2 Å². The smallest absolute Gasteiger partial charge is 0.307 e. The Morgan fingerprint density at radius 2 is 1.89 bits per heavy atom. The van der Waals surface area contributed by atoms with E-state index in [2.05, 4.69) is 9.17 Å². The molecule has 0 saturated carbocycles. The van der Waals surface area contributed by atoms with E-state index in [1.807, 2.05) is 6.92 Å². The van der Waals surface area contributed by atoms with Gasteiger partial charge in [0.25, 0.3) is 10.0 Å². The molecule has 0 fully saturated rings. The molecular weight excluding hydrogens is 292 g/mol. The molecule has 0 aliphatic carbocycles. The third-order valence-corrected chi connectivity index (χ3v) is 4.38. The average Bonchev–Trinajstić information content (AvgIpc) is 2.27. The van der Waals surface area contributed by atoms with Crippen LogP contribution in [0.3, 0.4) is 0 Å². The predicted octanol–water partition coefficient (Wildman–Crippen LogP) is 0.451. The Kier molecular flexibility index (Phi) is 4.88. The summed E-state index contributed by atoms with van der Waals surface area (Å²) >= 11 is 0. The fourth-order valence-corrected chi connectivity index (χ4v) is 2.94. The summed E-state index contributed by atoms with van der Waals surface area (Å²) in [6.07, 6.45) is 1.52. The minimum absolute atomic E-state index is 0.246. The molecule has 0 radical (unpaired) electrons. The zero-order chi connectivity index (χ0) is 14.7. The highest BCUT2D eigenvalue weighted by molar-refractivity contribution is 7.89. The van der Waals surface area contributed by atoms with Crippen molar-refractivity contribution in [1.82, 2.24) is 9.29 Å². The maximum atomic E-state index is 12.1. The molecule has 9 heteroatoms. The summed E-state index contributed by atoms with van der Waals surface area (Å²) in [6.45, 7) is 2.20. The van der Waals surface area contributed by atoms with Crippen LogP contribution in [0.2, 0.25) is 0 Å². The first-order chi connectivity index (χ1) is 8.66. The molecule has 0 bridgehead atoms. The van der Waals surface area contributed by atoms with Crippen LogP contribution in [0.1, 0.15) is 13.3 Å². The van der Waals surface area contributed by atoms with Crippen LogP contribution in [0.15, 0.2) is 23.2 Å². The van der Waals surface area contributed by atoms with Gasteiger partial charge in [-0.25, -0.2) is 8.42 Å².